The molecule has 0 aromatic heterocycles. The van der Waals surface area contributed by atoms with Gasteiger partial charge in [-0.2, -0.15) is 0 Å². The third-order valence-corrected chi connectivity index (χ3v) is 5.12. The highest BCUT2D eigenvalue weighted by atomic mass is 35.5. The first-order chi connectivity index (χ1) is 14.2. The van der Waals surface area contributed by atoms with Crippen molar-refractivity contribution in [1.29, 1.82) is 0 Å². The molecule has 0 fully saturated rings. The topological polar surface area (TPSA) is 18.5 Å². The SMILES string of the molecule is C=CC(CCCc1cccc(Oc2ccccc2)c1)c1ccc(OCC)c(Cl)c1. The maximum atomic E-state index is 6.35. The molecule has 3 aromatic rings. The molecule has 0 saturated carbocycles. The smallest absolute Gasteiger partial charge is 0.137 e. The predicted molar refractivity (Wildman–Crippen MR) is 121 cm³/mol. The first-order valence-electron chi connectivity index (χ1n) is 10.1. The summed E-state index contributed by atoms with van der Waals surface area (Å²) in [6.45, 7) is 6.58. The quantitative estimate of drug-likeness (QED) is 0.319. The number of aryl methyl sites for hydroxylation is 1. The van der Waals surface area contributed by atoms with Gasteiger partial charge in [0.15, 0.2) is 0 Å². The molecule has 0 spiro atoms. The fourth-order valence-corrected chi connectivity index (χ4v) is 3.60. The molecule has 29 heavy (non-hydrogen) atoms. The minimum atomic E-state index is 0.270. The van der Waals surface area contributed by atoms with E-state index in [-0.39, 0.29) is 5.92 Å². The van der Waals surface area contributed by atoms with Crippen LogP contribution >= 0.6 is 11.6 Å². The van der Waals surface area contributed by atoms with E-state index in [4.69, 9.17) is 21.1 Å². The van der Waals surface area contributed by atoms with Gasteiger partial charge in [0.1, 0.15) is 17.2 Å². The maximum Gasteiger partial charge on any atom is 0.137 e. The zero-order valence-electron chi connectivity index (χ0n) is 16.8. The van der Waals surface area contributed by atoms with Gasteiger partial charge in [0.05, 0.1) is 11.6 Å². The molecule has 1 unspecified atom stereocenters. The summed E-state index contributed by atoms with van der Waals surface area (Å²) in [6.07, 6.45) is 5.05. The van der Waals surface area contributed by atoms with E-state index in [1.807, 2.05) is 67.6 Å². The Hall–Kier alpha value is -2.71. The van der Waals surface area contributed by atoms with E-state index in [0.29, 0.717) is 11.6 Å². The van der Waals surface area contributed by atoms with E-state index in [2.05, 4.69) is 24.8 Å². The van der Waals surface area contributed by atoms with Crippen LogP contribution in [-0.4, -0.2) is 6.61 Å². The van der Waals surface area contributed by atoms with Crippen molar-refractivity contribution in [2.24, 2.45) is 0 Å². The molecule has 3 rings (SSSR count). The molecular weight excluding hydrogens is 380 g/mol. The summed E-state index contributed by atoms with van der Waals surface area (Å²) >= 11 is 6.35. The number of halogens is 1. The molecule has 150 valence electrons. The van der Waals surface area contributed by atoms with Crippen LogP contribution in [0.1, 0.15) is 36.8 Å². The molecule has 0 aliphatic rings. The summed E-state index contributed by atoms with van der Waals surface area (Å²) in [6, 6.07) is 24.2. The van der Waals surface area contributed by atoms with Crippen LogP contribution in [0.5, 0.6) is 17.2 Å². The van der Waals surface area contributed by atoms with E-state index < -0.39 is 0 Å². The largest absolute Gasteiger partial charge is 0.492 e. The monoisotopic (exact) mass is 406 g/mol. The van der Waals surface area contributed by atoms with Gasteiger partial charge in [-0.3, -0.25) is 0 Å². The Morgan fingerprint density at radius 1 is 0.966 bits per heavy atom. The Labute approximate surface area is 178 Å². The van der Waals surface area contributed by atoms with Crippen molar-refractivity contribution < 1.29 is 9.47 Å². The lowest BCUT2D eigenvalue weighted by atomic mass is 9.92. The minimum Gasteiger partial charge on any atom is -0.492 e. The molecule has 3 aromatic carbocycles. The van der Waals surface area contributed by atoms with Crippen LogP contribution in [0.25, 0.3) is 0 Å². The Kier molecular flexibility index (Phi) is 7.77. The molecule has 0 saturated heterocycles. The molecule has 0 aliphatic carbocycles. The zero-order valence-corrected chi connectivity index (χ0v) is 17.6. The third-order valence-electron chi connectivity index (χ3n) is 4.83. The number of benzene rings is 3. The van der Waals surface area contributed by atoms with Gasteiger partial charge < -0.3 is 9.47 Å². The second kappa shape index (κ2) is 10.7. The van der Waals surface area contributed by atoms with Crippen LogP contribution in [-0.2, 0) is 6.42 Å². The Balaban J connectivity index is 1.57. The first kappa shape index (κ1) is 21.0. The highest BCUT2D eigenvalue weighted by Gasteiger charge is 2.11. The molecule has 0 aliphatic heterocycles. The van der Waals surface area contributed by atoms with Gasteiger partial charge in [0, 0.05) is 5.92 Å². The number of rotatable bonds is 10. The summed E-state index contributed by atoms with van der Waals surface area (Å²) in [5.41, 5.74) is 2.44. The summed E-state index contributed by atoms with van der Waals surface area (Å²) in [5, 5.41) is 0.655. The summed E-state index contributed by atoms with van der Waals surface area (Å²) in [4.78, 5) is 0. The highest BCUT2D eigenvalue weighted by molar-refractivity contribution is 6.32. The molecule has 0 bridgehead atoms. The van der Waals surface area contributed by atoms with Crippen LogP contribution in [0.4, 0.5) is 0 Å². The lowest BCUT2D eigenvalue weighted by molar-refractivity contribution is 0.340. The van der Waals surface area contributed by atoms with Crippen molar-refractivity contribution in [2.45, 2.75) is 32.1 Å². The van der Waals surface area contributed by atoms with Crippen LogP contribution in [0, 0.1) is 0 Å². The summed E-state index contributed by atoms with van der Waals surface area (Å²) in [5.74, 6) is 2.72. The highest BCUT2D eigenvalue weighted by Crippen LogP contribution is 2.31. The minimum absolute atomic E-state index is 0.270. The second-order valence-electron chi connectivity index (χ2n) is 6.92. The van der Waals surface area contributed by atoms with Crippen molar-refractivity contribution in [3.05, 3.63) is 102 Å². The van der Waals surface area contributed by atoms with Crippen molar-refractivity contribution in [1.82, 2.24) is 0 Å². The Bertz CT molecular complexity index is 921. The number of ether oxygens (including phenoxy) is 2. The lowest BCUT2D eigenvalue weighted by Crippen LogP contribution is -1.99. The van der Waals surface area contributed by atoms with Gasteiger partial charge in [0.2, 0.25) is 0 Å². The van der Waals surface area contributed by atoms with Crippen LogP contribution in [0.3, 0.4) is 0 Å². The number of allylic oxidation sites excluding steroid dienone is 1. The average molecular weight is 407 g/mol. The van der Waals surface area contributed by atoms with Crippen molar-refractivity contribution in [2.75, 3.05) is 6.61 Å². The van der Waals surface area contributed by atoms with Gasteiger partial charge in [-0.1, -0.05) is 54.1 Å². The van der Waals surface area contributed by atoms with E-state index in [1.165, 1.54) is 11.1 Å². The molecule has 0 heterocycles. The standard InChI is InChI=1S/C26H27ClO2/c1-3-21(22-16-17-26(28-4-2)25(27)19-22)12-8-10-20-11-9-15-24(18-20)29-23-13-6-5-7-14-23/h3,5-7,9,11,13-19,21H,1,4,8,10,12H2,2H3. The lowest BCUT2D eigenvalue weighted by Gasteiger charge is -2.15. The van der Waals surface area contributed by atoms with Gasteiger partial charge >= 0.3 is 0 Å². The fraction of sp³-hybridized carbons (Fsp3) is 0.231. The molecule has 3 heteroatoms. The maximum absolute atomic E-state index is 6.35. The molecule has 0 radical (unpaired) electrons. The van der Waals surface area contributed by atoms with Gasteiger partial charge in [-0.05, 0) is 73.7 Å². The zero-order chi connectivity index (χ0) is 20.5. The third kappa shape index (κ3) is 6.13. The number of para-hydroxylation sites is 1. The van der Waals surface area contributed by atoms with Crippen LogP contribution in [0.15, 0.2) is 85.5 Å². The number of hydrogen-bond donors (Lipinski definition) is 0. The fourth-order valence-electron chi connectivity index (χ4n) is 3.36. The summed E-state index contributed by atoms with van der Waals surface area (Å²) < 4.78 is 11.5. The average Bonchev–Trinajstić information content (AvgIpc) is 2.74. The van der Waals surface area contributed by atoms with Gasteiger partial charge in [-0.25, -0.2) is 0 Å². The number of hydrogen-bond acceptors (Lipinski definition) is 2. The van der Waals surface area contributed by atoms with E-state index >= 15 is 0 Å². The Morgan fingerprint density at radius 3 is 2.48 bits per heavy atom. The molecule has 0 amide bonds. The van der Waals surface area contributed by atoms with Crippen molar-refractivity contribution in [3.63, 3.8) is 0 Å². The van der Waals surface area contributed by atoms with Crippen molar-refractivity contribution >= 4 is 11.6 Å². The normalized spacial score (nSPS) is 11.7. The molecular formula is C26H27ClO2. The second-order valence-corrected chi connectivity index (χ2v) is 7.33. The Morgan fingerprint density at radius 2 is 1.76 bits per heavy atom. The molecule has 2 nitrogen and oxygen atoms in total. The van der Waals surface area contributed by atoms with E-state index in [9.17, 15) is 0 Å². The molecule has 1 atom stereocenters. The van der Waals surface area contributed by atoms with Crippen molar-refractivity contribution in [3.8, 4) is 17.2 Å². The first-order valence-corrected chi connectivity index (χ1v) is 10.4. The van der Waals surface area contributed by atoms with E-state index in [0.717, 1.165) is 36.5 Å². The predicted octanol–water partition coefficient (Wildman–Crippen LogP) is 7.82. The van der Waals surface area contributed by atoms with Gasteiger partial charge in [0.25, 0.3) is 0 Å². The van der Waals surface area contributed by atoms with Gasteiger partial charge in [-0.15, -0.1) is 6.58 Å². The molecule has 0 N–H and O–H groups in total. The van der Waals surface area contributed by atoms with Crippen LogP contribution < -0.4 is 9.47 Å². The van der Waals surface area contributed by atoms with Crippen LogP contribution in [0.2, 0.25) is 5.02 Å². The summed E-state index contributed by atoms with van der Waals surface area (Å²) in [7, 11) is 0. The van der Waals surface area contributed by atoms with E-state index in [1.54, 1.807) is 0 Å².